The van der Waals surface area contributed by atoms with E-state index in [1.165, 1.54) is 11.1 Å². The molecule has 0 aliphatic rings. The minimum absolute atomic E-state index is 1.06. The zero-order valence-electron chi connectivity index (χ0n) is 7.73. The fourth-order valence-corrected chi connectivity index (χ4v) is 0.617. The molecule has 0 spiro atoms. The summed E-state index contributed by atoms with van der Waals surface area (Å²) in [5, 5.41) is 0. The highest BCUT2D eigenvalue weighted by atomic mass is 32.1. The maximum Gasteiger partial charge on any atom is -0.0186 e. The Labute approximate surface area is 75.1 Å². The average molecular weight is 168 g/mol. The van der Waals surface area contributed by atoms with Crippen LogP contribution in [-0.4, -0.2) is 0 Å². The maximum absolute atomic E-state index is 4.24. The lowest BCUT2D eigenvalue weighted by Gasteiger charge is -2.00. The van der Waals surface area contributed by atoms with Crippen LogP contribution in [0.25, 0.3) is 0 Å². The Morgan fingerprint density at radius 1 is 1.18 bits per heavy atom. The monoisotopic (exact) mass is 168 g/mol. The van der Waals surface area contributed by atoms with Crippen molar-refractivity contribution < 1.29 is 0 Å². The van der Waals surface area contributed by atoms with Crippen LogP contribution in [0, 0.1) is 0 Å². The van der Waals surface area contributed by atoms with Crippen LogP contribution in [-0.2, 0) is 0 Å². The summed E-state index contributed by atoms with van der Waals surface area (Å²) in [6, 6.07) is 0. The molecule has 0 fully saturated rings. The highest BCUT2D eigenvalue weighted by molar-refractivity contribution is 7.84. The molecule has 0 aromatic rings. The molecule has 11 heavy (non-hydrogen) atoms. The van der Waals surface area contributed by atoms with Crippen LogP contribution in [0.15, 0.2) is 34.3 Å². The highest BCUT2D eigenvalue weighted by Crippen LogP contribution is 2.13. The van der Waals surface area contributed by atoms with Crippen LogP contribution in [0.5, 0.6) is 0 Å². The molecule has 0 aliphatic heterocycles. The molecule has 0 radical (unpaired) electrons. The zero-order valence-corrected chi connectivity index (χ0v) is 8.63. The molecule has 0 aromatic heterocycles. The molecular weight excluding hydrogens is 152 g/mol. The Hall–Kier alpha value is -0.430. The van der Waals surface area contributed by atoms with Crippen molar-refractivity contribution in [3.63, 3.8) is 0 Å². The first-order chi connectivity index (χ1) is 4.95. The van der Waals surface area contributed by atoms with Crippen molar-refractivity contribution in [1.82, 2.24) is 0 Å². The number of hydrogen-bond donors (Lipinski definition) is 1. The SMILES string of the molecule is C=C(C)/C(C)=C/C(C)=C(\C)S. The molecule has 1 heteroatoms. The largest absolute Gasteiger partial charge is 0.148 e. The lowest BCUT2D eigenvalue weighted by atomic mass is 10.1. The van der Waals surface area contributed by atoms with E-state index in [0.717, 1.165) is 10.5 Å². The average Bonchev–Trinajstić information content (AvgIpc) is 1.87. The summed E-state index contributed by atoms with van der Waals surface area (Å²) in [4.78, 5) is 1.06. The summed E-state index contributed by atoms with van der Waals surface area (Å²) in [5.41, 5.74) is 3.53. The molecule has 0 amide bonds. The number of allylic oxidation sites excluding steroid dienone is 5. The van der Waals surface area contributed by atoms with Crippen LogP contribution < -0.4 is 0 Å². The van der Waals surface area contributed by atoms with E-state index in [1.54, 1.807) is 0 Å². The fourth-order valence-electron chi connectivity index (χ4n) is 0.552. The van der Waals surface area contributed by atoms with E-state index in [0.29, 0.717) is 0 Å². The van der Waals surface area contributed by atoms with Gasteiger partial charge >= 0.3 is 0 Å². The maximum atomic E-state index is 4.24. The predicted octanol–water partition coefficient (Wildman–Crippen LogP) is 3.73. The summed E-state index contributed by atoms with van der Waals surface area (Å²) >= 11 is 4.24. The van der Waals surface area contributed by atoms with Gasteiger partial charge in [0.2, 0.25) is 0 Å². The highest BCUT2D eigenvalue weighted by Gasteiger charge is 1.91. The minimum Gasteiger partial charge on any atom is -0.148 e. The minimum atomic E-state index is 1.06. The molecule has 0 saturated carbocycles. The van der Waals surface area contributed by atoms with Crippen LogP contribution in [0.4, 0.5) is 0 Å². The van der Waals surface area contributed by atoms with Crippen molar-refractivity contribution in [3.05, 3.63) is 34.3 Å². The Kier molecular flexibility index (Phi) is 4.27. The summed E-state index contributed by atoms with van der Waals surface area (Å²) in [7, 11) is 0. The van der Waals surface area contributed by atoms with Crippen molar-refractivity contribution in [2.24, 2.45) is 0 Å². The van der Waals surface area contributed by atoms with Crippen LogP contribution >= 0.6 is 12.6 Å². The number of thiol groups is 1. The van der Waals surface area contributed by atoms with Gasteiger partial charge in [-0.2, -0.15) is 0 Å². The molecule has 0 bridgehead atoms. The molecule has 0 heterocycles. The van der Waals surface area contributed by atoms with Crippen molar-refractivity contribution in [2.75, 3.05) is 0 Å². The Morgan fingerprint density at radius 2 is 1.64 bits per heavy atom. The second-order valence-corrected chi connectivity index (χ2v) is 3.55. The van der Waals surface area contributed by atoms with Crippen molar-refractivity contribution >= 4 is 12.6 Å². The van der Waals surface area contributed by atoms with Gasteiger partial charge in [-0.1, -0.05) is 18.2 Å². The predicted molar refractivity (Wildman–Crippen MR) is 55.9 cm³/mol. The summed E-state index contributed by atoms with van der Waals surface area (Å²) in [5.74, 6) is 0. The van der Waals surface area contributed by atoms with Gasteiger partial charge in [-0.15, -0.1) is 12.6 Å². The van der Waals surface area contributed by atoms with Gasteiger partial charge in [-0.25, -0.2) is 0 Å². The molecule has 0 unspecified atom stereocenters. The van der Waals surface area contributed by atoms with Gasteiger partial charge in [0.25, 0.3) is 0 Å². The topological polar surface area (TPSA) is 0 Å². The first-order valence-electron chi connectivity index (χ1n) is 3.65. The standard InChI is InChI=1S/C10H16S/c1-7(2)8(3)6-9(4)10(5)11/h6,11H,1H2,2-5H3/b8-6+,10-9+. The van der Waals surface area contributed by atoms with Gasteiger partial charge in [0.05, 0.1) is 0 Å². The molecule has 0 aliphatic carbocycles. The van der Waals surface area contributed by atoms with Crippen molar-refractivity contribution in [1.29, 1.82) is 0 Å². The third-order valence-corrected chi connectivity index (χ3v) is 2.03. The second-order valence-electron chi connectivity index (χ2n) is 2.88. The number of hydrogen-bond acceptors (Lipinski definition) is 1. The lowest BCUT2D eigenvalue weighted by molar-refractivity contribution is 1.32. The smallest absolute Gasteiger partial charge is 0.0186 e. The molecule has 62 valence electrons. The summed E-state index contributed by atoms with van der Waals surface area (Å²) < 4.78 is 0. The molecule has 0 nitrogen and oxygen atoms in total. The normalized spacial score (nSPS) is 14.5. The van der Waals surface area contributed by atoms with Gasteiger partial charge in [0.15, 0.2) is 0 Å². The molecule has 0 N–H and O–H groups in total. The third-order valence-electron chi connectivity index (χ3n) is 1.68. The Balaban J connectivity index is 4.58. The Bertz CT molecular complexity index is 215. The third kappa shape index (κ3) is 4.10. The van der Waals surface area contributed by atoms with E-state index >= 15 is 0 Å². The second kappa shape index (κ2) is 4.45. The lowest BCUT2D eigenvalue weighted by Crippen LogP contribution is -1.79. The first-order valence-corrected chi connectivity index (χ1v) is 4.10. The van der Waals surface area contributed by atoms with Gasteiger partial charge in [0.1, 0.15) is 0 Å². The van der Waals surface area contributed by atoms with Gasteiger partial charge in [0, 0.05) is 0 Å². The van der Waals surface area contributed by atoms with E-state index in [-0.39, 0.29) is 0 Å². The van der Waals surface area contributed by atoms with E-state index in [1.807, 2.05) is 13.8 Å². The van der Waals surface area contributed by atoms with Gasteiger partial charge < -0.3 is 0 Å². The van der Waals surface area contributed by atoms with Crippen molar-refractivity contribution in [2.45, 2.75) is 27.7 Å². The van der Waals surface area contributed by atoms with E-state index in [9.17, 15) is 0 Å². The molecule has 0 rings (SSSR count). The molecular formula is C10H16S. The summed E-state index contributed by atoms with van der Waals surface area (Å²) in [6.07, 6.45) is 2.10. The van der Waals surface area contributed by atoms with Crippen LogP contribution in [0.3, 0.4) is 0 Å². The first kappa shape index (κ1) is 10.6. The summed E-state index contributed by atoms with van der Waals surface area (Å²) in [6.45, 7) is 12.0. The molecule has 0 atom stereocenters. The van der Waals surface area contributed by atoms with E-state index in [2.05, 4.69) is 39.1 Å². The van der Waals surface area contributed by atoms with E-state index < -0.39 is 0 Å². The van der Waals surface area contributed by atoms with E-state index in [4.69, 9.17) is 0 Å². The van der Waals surface area contributed by atoms with Crippen LogP contribution in [0.2, 0.25) is 0 Å². The van der Waals surface area contributed by atoms with Gasteiger partial charge in [-0.3, -0.25) is 0 Å². The fraction of sp³-hybridized carbons (Fsp3) is 0.400. The van der Waals surface area contributed by atoms with Gasteiger partial charge in [-0.05, 0) is 43.7 Å². The Morgan fingerprint density at radius 3 is 1.91 bits per heavy atom. The molecule has 0 aromatic carbocycles. The number of rotatable bonds is 2. The molecule has 0 saturated heterocycles. The van der Waals surface area contributed by atoms with Crippen LogP contribution in [0.1, 0.15) is 27.7 Å². The zero-order chi connectivity index (χ0) is 9.02. The quantitative estimate of drug-likeness (QED) is 0.471. The van der Waals surface area contributed by atoms with Crippen molar-refractivity contribution in [3.8, 4) is 0 Å².